The summed E-state index contributed by atoms with van der Waals surface area (Å²) in [6.45, 7) is 20.1. The fourth-order valence-corrected chi connectivity index (χ4v) is 2.27. The largest absolute Gasteiger partial charge is 0.456 e. The highest BCUT2D eigenvalue weighted by atomic mass is 35.5. The maximum atomic E-state index is 12.9. The molecule has 0 saturated carbocycles. The summed E-state index contributed by atoms with van der Waals surface area (Å²) in [4.78, 5) is 16.3. The Kier molecular flexibility index (Phi) is 15.8. The minimum Gasteiger partial charge on any atom is -0.456 e. The Morgan fingerprint density at radius 2 is 1.69 bits per heavy atom. The van der Waals surface area contributed by atoms with Crippen LogP contribution in [0.1, 0.15) is 79.6 Å². The van der Waals surface area contributed by atoms with Crippen molar-refractivity contribution in [2.24, 2.45) is 5.41 Å². The van der Waals surface area contributed by atoms with Crippen molar-refractivity contribution in [3.8, 4) is 0 Å². The third-order valence-corrected chi connectivity index (χ3v) is 4.06. The molecule has 1 atom stereocenters. The van der Waals surface area contributed by atoms with Crippen molar-refractivity contribution in [3.05, 3.63) is 47.8 Å². The number of nitrogens with zero attached hydrogens (tertiary/aromatic N) is 2. The maximum absolute atomic E-state index is 12.9. The number of carbonyl (C=O) groups is 1. The van der Waals surface area contributed by atoms with Crippen LogP contribution in [0.3, 0.4) is 0 Å². The lowest BCUT2D eigenvalue weighted by Gasteiger charge is -2.29. The number of hydrogen-bond acceptors (Lipinski definition) is 6. The van der Waals surface area contributed by atoms with Gasteiger partial charge in [0.2, 0.25) is 0 Å². The quantitative estimate of drug-likeness (QED) is 0.242. The number of esters is 1. The zero-order valence-corrected chi connectivity index (χ0v) is 23.3. The van der Waals surface area contributed by atoms with E-state index < -0.39 is 36.0 Å². The Bertz CT molecular complexity index is 807. The van der Waals surface area contributed by atoms with E-state index in [2.05, 4.69) is 17.0 Å². The van der Waals surface area contributed by atoms with E-state index in [0.29, 0.717) is 5.82 Å². The molecule has 0 radical (unpaired) electrons. The predicted octanol–water partition coefficient (Wildman–Crippen LogP) is 7.70. The fraction of sp³-hybridized carbons (Fsp3) is 0.600. The molecule has 0 aromatic carbocycles. The minimum absolute atomic E-state index is 0.0514. The summed E-state index contributed by atoms with van der Waals surface area (Å²) in [6, 6.07) is 3.00. The van der Waals surface area contributed by atoms with Gasteiger partial charge in [0.15, 0.2) is 0 Å². The van der Waals surface area contributed by atoms with Crippen molar-refractivity contribution in [1.82, 2.24) is 10.4 Å². The van der Waals surface area contributed by atoms with Crippen molar-refractivity contribution >= 4 is 23.4 Å². The van der Waals surface area contributed by atoms with Crippen LogP contribution in [0.5, 0.6) is 0 Å². The first-order valence-electron chi connectivity index (χ1n) is 11.5. The number of hydrogen-bond donors (Lipinski definition) is 1. The second-order valence-electron chi connectivity index (χ2n) is 8.37. The normalized spacial score (nSPS) is 15.0. The predicted molar refractivity (Wildman–Crippen MR) is 137 cm³/mol. The van der Waals surface area contributed by atoms with E-state index in [0.717, 1.165) is 13.8 Å². The van der Waals surface area contributed by atoms with E-state index in [-0.39, 0.29) is 10.7 Å². The number of carbonyl (C=O) groups excluding carboxylic acids is 1. The number of rotatable bonds is 5. The highest BCUT2D eigenvalue weighted by molar-refractivity contribution is 6.32. The zero-order valence-electron chi connectivity index (χ0n) is 22.5. The van der Waals surface area contributed by atoms with Crippen molar-refractivity contribution < 1.29 is 27.4 Å². The molecule has 0 saturated heterocycles. The van der Waals surface area contributed by atoms with Gasteiger partial charge in [-0.05, 0) is 59.8 Å². The number of alkyl halides is 3. The van der Waals surface area contributed by atoms with Crippen LogP contribution in [0.15, 0.2) is 37.1 Å². The summed E-state index contributed by atoms with van der Waals surface area (Å²) >= 11 is 6.09. The number of aromatic nitrogens is 1. The molecule has 202 valence electrons. The molecule has 1 aliphatic heterocycles. The molecule has 0 spiro atoms. The average Bonchev–Trinajstić information content (AvgIpc) is 3.23. The Labute approximate surface area is 213 Å². The maximum Gasteiger partial charge on any atom is 0.396 e. The third kappa shape index (κ3) is 12.4. The number of halogens is 4. The molecule has 0 fully saturated rings. The van der Waals surface area contributed by atoms with Crippen molar-refractivity contribution in [1.29, 1.82) is 0 Å². The minimum atomic E-state index is -4.37. The van der Waals surface area contributed by atoms with Gasteiger partial charge in [-0.3, -0.25) is 5.01 Å². The van der Waals surface area contributed by atoms with Crippen LogP contribution in [-0.2, 0) is 9.47 Å². The molecule has 1 aromatic rings. The Morgan fingerprint density at radius 3 is 2.11 bits per heavy atom. The SMILES string of the molecule is C=CC.CC.CC.CC(C)(C)OC(=O)c1ccc(N2C=CC(OCC(C)(C)C(F)(F)F)N2)nc1Cl. The number of ether oxygens (including phenoxy) is 2. The molecular formula is C25H41ClF3N3O3. The summed E-state index contributed by atoms with van der Waals surface area (Å²) < 4.78 is 49.3. The molecule has 0 aliphatic carbocycles. The van der Waals surface area contributed by atoms with Gasteiger partial charge >= 0.3 is 12.1 Å². The van der Waals surface area contributed by atoms with E-state index in [4.69, 9.17) is 21.1 Å². The number of allylic oxidation sites excluding steroid dienone is 1. The Balaban J connectivity index is 0. The Hall–Kier alpha value is -2.10. The second-order valence-corrected chi connectivity index (χ2v) is 8.73. The highest BCUT2D eigenvalue weighted by Gasteiger charge is 2.47. The van der Waals surface area contributed by atoms with Gasteiger partial charge in [-0.25, -0.2) is 9.78 Å². The van der Waals surface area contributed by atoms with Crippen LogP contribution >= 0.6 is 11.6 Å². The van der Waals surface area contributed by atoms with E-state index in [9.17, 15) is 18.0 Å². The number of hydrazine groups is 1. The van der Waals surface area contributed by atoms with E-state index >= 15 is 0 Å². The van der Waals surface area contributed by atoms with Crippen molar-refractivity contribution in [2.75, 3.05) is 11.6 Å². The summed E-state index contributed by atoms with van der Waals surface area (Å²) in [7, 11) is 0. The van der Waals surface area contributed by atoms with E-state index in [1.807, 2.05) is 34.6 Å². The van der Waals surface area contributed by atoms with Crippen molar-refractivity contribution in [3.63, 3.8) is 0 Å². The Morgan fingerprint density at radius 1 is 1.17 bits per heavy atom. The van der Waals surface area contributed by atoms with Gasteiger partial charge in [-0.1, -0.05) is 45.4 Å². The molecule has 2 heterocycles. The lowest BCUT2D eigenvalue weighted by Crippen LogP contribution is -2.42. The summed E-state index contributed by atoms with van der Waals surface area (Å²) in [5.74, 6) is -0.258. The number of pyridine rings is 1. The first-order chi connectivity index (χ1) is 16.1. The summed E-state index contributed by atoms with van der Waals surface area (Å²) in [6.07, 6.45) is -0.282. The molecule has 35 heavy (non-hydrogen) atoms. The lowest BCUT2D eigenvalue weighted by atomic mass is 9.94. The monoisotopic (exact) mass is 523 g/mol. The van der Waals surface area contributed by atoms with Crippen LogP contribution in [0.4, 0.5) is 19.0 Å². The highest BCUT2D eigenvalue weighted by Crippen LogP contribution is 2.37. The van der Waals surface area contributed by atoms with Gasteiger partial charge in [-0.2, -0.15) is 18.6 Å². The van der Waals surface area contributed by atoms with Gasteiger partial charge in [0, 0.05) is 6.20 Å². The van der Waals surface area contributed by atoms with Crippen molar-refractivity contribution in [2.45, 2.75) is 87.2 Å². The van der Waals surface area contributed by atoms with Gasteiger partial charge in [-0.15, -0.1) is 6.58 Å². The zero-order chi connectivity index (χ0) is 28.0. The first kappa shape index (κ1) is 35.1. The van der Waals surface area contributed by atoms with Gasteiger partial charge in [0.05, 0.1) is 17.6 Å². The van der Waals surface area contributed by atoms with Gasteiger partial charge in [0.1, 0.15) is 22.8 Å². The van der Waals surface area contributed by atoms with Crippen LogP contribution < -0.4 is 10.4 Å². The molecule has 1 N–H and O–H groups in total. The summed E-state index contributed by atoms with van der Waals surface area (Å²) in [5, 5.41) is 1.39. The lowest BCUT2D eigenvalue weighted by molar-refractivity contribution is -0.230. The molecule has 0 amide bonds. The van der Waals surface area contributed by atoms with Crippen LogP contribution in [-0.4, -0.2) is 35.6 Å². The van der Waals surface area contributed by atoms with Gasteiger partial charge in [0.25, 0.3) is 0 Å². The van der Waals surface area contributed by atoms with Gasteiger partial charge < -0.3 is 9.47 Å². The van der Waals surface area contributed by atoms with Crippen LogP contribution in [0.2, 0.25) is 5.15 Å². The topological polar surface area (TPSA) is 63.7 Å². The average molecular weight is 524 g/mol. The van der Waals surface area contributed by atoms with E-state index in [1.165, 1.54) is 17.1 Å². The molecule has 10 heteroatoms. The molecule has 0 bridgehead atoms. The fourth-order valence-electron chi connectivity index (χ4n) is 2.05. The van der Waals surface area contributed by atoms with Crippen LogP contribution in [0.25, 0.3) is 0 Å². The molecule has 6 nitrogen and oxygen atoms in total. The molecule has 1 aromatic heterocycles. The second kappa shape index (κ2) is 15.8. The number of anilines is 1. The number of nitrogens with one attached hydrogen (secondary N) is 1. The van der Waals surface area contributed by atoms with E-state index in [1.54, 1.807) is 39.1 Å². The van der Waals surface area contributed by atoms with Crippen LogP contribution in [0, 0.1) is 5.41 Å². The third-order valence-electron chi connectivity index (χ3n) is 3.77. The molecule has 1 unspecified atom stereocenters. The smallest absolute Gasteiger partial charge is 0.396 e. The molecule has 2 rings (SSSR count). The molecule has 1 aliphatic rings. The molecular weight excluding hydrogens is 483 g/mol. The standard InChI is InChI=1S/C18H23ClF3N3O3.C3H6.2C2H6/c1-16(2,3)28-15(26)11-6-7-12(23-14(11)19)25-9-8-13(24-25)27-10-17(4,5)18(20,21)22;1-3-2;2*1-2/h6-9,13,24H,10H2,1-5H3;3H,1H2,2H3;2*1-2H3. The summed E-state index contributed by atoms with van der Waals surface area (Å²) in [5.41, 5.74) is 0.302. The first-order valence-corrected chi connectivity index (χ1v) is 11.9.